The first-order valence-electron chi connectivity index (χ1n) is 6.56. The maximum absolute atomic E-state index is 2.47. The van der Waals surface area contributed by atoms with E-state index in [4.69, 9.17) is 0 Å². The molecule has 1 aliphatic carbocycles. The minimum Gasteiger partial charge on any atom is -0.0651 e. The molecule has 1 saturated carbocycles. The molecule has 0 N–H and O–H groups in total. The third kappa shape index (κ3) is 3.29. The summed E-state index contributed by atoms with van der Waals surface area (Å²) in [5.74, 6) is 4.97. The van der Waals surface area contributed by atoms with Gasteiger partial charge in [-0.05, 0) is 36.0 Å². The highest BCUT2D eigenvalue weighted by Gasteiger charge is 2.42. The fourth-order valence-corrected chi connectivity index (χ4v) is 2.62. The lowest BCUT2D eigenvalue weighted by Gasteiger charge is -2.15. The van der Waals surface area contributed by atoms with Gasteiger partial charge in [0.15, 0.2) is 0 Å². The summed E-state index contributed by atoms with van der Waals surface area (Å²) in [5, 5.41) is 0. The molecule has 0 spiro atoms. The van der Waals surface area contributed by atoms with Crippen LogP contribution in [0, 0.1) is 29.6 Å². The molecule has 0 bridgehead atoms. The van der Waals surface area contributed by atoms with E-state index in [1.165, 1.54) is 25.7 Å². The molecule has 0 nitrogen and oxygen atoms in total. The topological polar surface area (TPSA) is 0 Å². The van der Waals surface area contributed by atoms with Crippen molar-refractivity contribution in [1.29, 1.82) is 0 Å². The summed E-state index contributed by atoms with van der Waals surface area (Å²) in [6.45, 7) is 11.9. The third-order valence-electron chi connectivity index (χ3n) is 4.29. The van der Waals surface area contributed by atoms with Crippen molar-refractivity contribution < 1.29 is 0 Å². The highest BCUT2D eigenvalue weighted by Crippen LogP contribution is 2.50. The van der Waals surface area contributed by atoms with E-state index in [2.05, 4.69) is 34.6 Å². The predicted molar refractivity (Wildman–Crippen MR) is 64.3 cm³/mol. The Balaban J connectivity index is 2.15. The quantitative estimate of drug-likeness (QED) is 0.575. The van der Waals surface area contributed by atoms with Gasteiger partial charge in [0.2, 0.25) is 0 Å². The summed E-state index contributed by atoms with van der Waals surface area (Å²) in [4.78, 5) is 0. The van der Waals surface area contributed by atoms with Crippen molar-refractivity contribution in [3.05, 3.63) is 0 Å². The molecule has 0 saturated heterocycles. The lowest BCUT2D eigenvalue weighted by Crippen LogP contribution is -2.04. The summed E-state index contributed by atoms with van der Waals surface area (Å²) in [6, 6.07) is 0. The minimum atomic E-state index is 0.922. The van der Waals surface area contributed by atoms with Crippen molar-refractivity contribution >= 4 is 0 Å². The van der Waals surface area contributed by atoms with Gasteiger partial charge in [-0.15, -0.1) is 0 Å². The van der Waals surface area contributed by atoms with Gasteiger partial charge < -0.3 is 0 Å². The maximum atomic E-state index is 2.47. The Morgan fingerprint density at radius 1 is 1.00 bits per heavy atom. The van der Waals surface area contributed by atoms with Crippen LogP contribution in [0.5, 0.6) is 0 Å². The Morgan fingerprint density at radius 3 is 2.07 bits per heavy atom. The van der Waals surface area contributed by atoms with Crippen LogP contribution in [0.25, 0.3) is 0 Å². The van der Waals surface area contributed by atoms with E-state index < -0.39 is 0 Å². The zero-order chi connectivity index (χ0) is 10.7. The summed E-state index contributed by atoms with van der Waals surface area (Å²) in [7, 11) is 0. The molecule has 4 atom stereocenters. The number of hydrogen-bond donors (Lipinski definition) is 0. The first-order valence-corrected chi connectivity index (χ1v) is 6.56. The van der Waals surface area contributed by atoms with Crippen LogP contribution in [0.3, 0.4) is 0 Å². The fourth-order valence-electron chi connectivity index (χ4n) is 2.62. The second-order valence-corrected chi connectivity index (χ2v) is 5.88. The van der Waals surface area contributed by atoms with Gasteiger partial charge in [0.05, 0.1) is 0 Å². The number of hydrogen-bond acceptors (Lipinski definition) is 0. The average Bonchev–Trinajstić information content (AvgIpc) is 2.92. The lowest BCUT2D eigenvalue weighted by atomic mass is 9.91. The second kappa shape index (κ2) is 5.19. The molecule has 84 valence electrons. The predicted octanol–water partition coefficient (Wildman–Crippen LogP) is 4.74. The molecule has 1 fully saturated rings. The lowest BCUT2D eigenvalue weighted by molar-refractivity contribution is 0.361. The molecule has 0 aromatic rings. The number of rotatable bonds is 6. The van der Waals surface area contributed by atoms with Crippen LogP contribution >= 0.6 is 0 Å². The van der Waals surface area contributed by atoms with Crippen LogP contribution in [-0.2, 0) is 0 Å². The van der Waals surface area contributed by atoms with Crippen molar-refractivity contribution in [3.63, 3.8) is 0 Å². The van der Waals surface area contributed by atoms with Gasteiger partial charge in [0.1, 0.15) is 0 Å². The molecule has 0 aromatic heterocycles. The van der Waals surface area contributed by atoms with E-state index in [0.29, 0.717) is 0 Å². The van der Waals surface area contributed by atoms with E-state index in [0.717, 1.165) is 29.6 Å². The fraction of sp³-hybridized carbons (Fsp3) is 1.00. The van der Waals surface area contributed by atoms with Crippen molar-refractivity contribution in [3.8, 4) is 0 Å². The maximum Gasteiger partial charge on any atom is -0.0355 e. The molecule has 1 rings (SSSR count). The Labute approximate surface area is 90.5 Å². The van der Waals surface area contributed by atoms with Gasteiger partial charge in [-0.3, -0.25) is 0 Å². The first-order chi connectivity index (χ1) is 6.56. The highest BCUT2D eigenvalue weighted by atomic mass is 14.5. The summed E-state index contributed by atoms with van der Waals surface area (Å²) >= 11 is 0. The van der Waals surface area contributed by atoms with Crippen molar-refractivity contribution in [1.82, 2.24) is 0 Å². The molecule has 0 heterocycles. The van der Waals surface area contributed by atoms with Gasteiger partial charge in [-0.2, -0.15) is 0 Å². The normalized spacial score (nSPS) is 30.4. The molecule has 0 radical (unpaired) electrons. The van der Waals surface area contributed by atoms with Crippen LogP contribution in [0.1, 0.15) is 60.3 Å². The van der Waals surface area contributed by atoms with E-state index in [-0.39, 0.29) is 0 Å². The van der Waals surface area contributed by atoms with E-state index in [1.807, 2.05) is 0 Å². The van der Waals surface area contributed by atoms with Crippen LogP contribution < -0.4 is 0 Å². The average molecular weight is 196 g/mol. The molecule has 14 heavy (non-hydrogen) atoms. The molecule has 0 amide bonds. The first kappa shape index (κ1) is 12.1. The van der Waals surface area contributed by atoms with Gasteiger partial charge in [0.25, 0.3) is 0 Å². The minimum absolute atomic E-state index is 0.922. The molecule has 1 aliphatic rings. The van der Waals surface area contributed by atoms with Crippen molar-refractivity contribution in [2.75, 3.05) is 0 Å². The molecular weight excluding hydrogens is 168 g/mol. The molecule has 0 aliphatic heterocycles. The standard InChI is InChI=1S/C14H28/c1-6-11(4)7-8-12(5)14-9-13(14)10(2)3/h10-14H,6-9H2,1-5H3. The third-order valence-corrected chi connectivity index (χ3v) is 4.29. The van der Waals surface area contributed by atoms with Crippen LogP contribution in [0.4, 0.5) is 0 Å². The van der Waals surface area contributed by atoms with E-state index >= 15 is 0 Å². The zero-order valence-electron chi connectivity index (χ0n) is 10.7. The molecule has 0 aromatic carbocycles. The van der Waals surface area contributed by atoms with Crippen LogP contribution in [0.15, 0.2) is 0 Å². The van der Waals surface area contributed by atoms with Crippen molar-refractivity contribution in [2.24, 2.45) is 29.6 Å². The Kier molecular flexibility index (Phi) is 4.47. The monoisotopic (exact) mass is 196 g/mol. The summed E-state index contributed by atoms with van der Waals surface area (Å²) in [6.07, 6.45) is 5.77. The Morgan fingerprint density at radius 2 is 1.64 bits per heavy atom. The molecule has 0 heteroatoms. The Bertz CT molecular complexity index is 159. The van der Waals surface area contributed by atoms with Crippen LogP contribution in [0.2, 0.25) is 0 Å². The largest absolute Gasteiger partial charge is 0.0651 e. The zero-order valence-corrected chi connectivity index (χ0v) is 10.7. The SMILES string of the molecule is CCC(C)CCC(C)C1CC1C(C)C. The van der Waals surface area contributed by atoms with Gasteiger partial charge in [-0.1, -0.05) is 53.9 Å². The molecular formula is C14H28. The second-order valence-electron chi connectivity index (χ2n) is 5.88. The summed E-state index contributed by atoms with van der Waals surface area (Å²) in [5.41, 5.74) is 0. The van der Waals surface area contributed by atoms with E-state index in [1.54, 1.807) is 0 Å². The Hall–Kier alpha value is 0. The van der Waals surface area contributed by atoms with Crippen molar-refractivity contribution in [2.45, 2.75) is 60.3 Å². The van der Waals surface area contributed by atoms with E-state index in [9.17, 15) is 0 Å². The highest BCUT2D eigenvalue weighted by molar-refractivity contribution is 4.91. The van der Waals surface area contributed by atoms with Crippen LogP contribution in [-0.4, -0.2) is 0 Å². The molecule has 4 unspecified atom stereocenters. The van der Waals surface area contributed by atoms with Gasteiger partial charge >= 0.3 is 0 Å². The summed E-state index contributed by atoms with van der Waals surface area (Å²) < 4.78 is 0. The van der Waals surface area contributed by atoms with Gasteiger partial charge in [-0.25, -0.2) is 0 Å². The van der Waals surface area contributed by atoms with Gasteiger partial charge in [0, 0.05) is 0 Å². The smallest absolute Gasteiger partial charge is 0.0355 e.